The molecule has 5 heteroatoms. The first kappa shape index (κ1) is 20.0. The van der Waals surface area contributed by atoms with E-state index in [0.717, 1.165) is 25.9 Å². The summed E-state index contributed by atoms with van der Waals surface area (Å²) >= 11 is 0. The molecular weight excluding hydrogens is 345 g/mol. The summed E-state index contributed by atoms with van der Waals surface area (Å²) < 4.78 is 25.0. The quantitative estimate of drug-likeness (QED) is 0.732. The van der Waals surface area contributed by atoms with Gasteiger partial charge in [-0.3, -0.25) is 0 Å². The molecule has 4 nitrogen and oxygen atoms in total. The second kappa shape index (κ2) is 10.5. The van der Waals surface area contributed by atoms with Gasteiger partial charge in [-0.05, 0) is 24.5 Å². The van der Waals surface area contributed by atoms with Crippen LogP contribution in [-0.4, -0.2) is 48.5 Å². The molecule has 0 bridgehead atoms. The van der Waals surface area contributed by atoms with Crippen LogP contribution in [0.1, 0.15) is 24.0 Å². The number of hydrogen-bond acceptors (Lipinski definition) is 4. The Labute approximate surface area is 160 Å². The zero-order valence-corrected chi connectivity index (χ0v) is 15.6. The number of likely N-dealkylation sites (tertiary alicyclic amines) is 1. The Hall–Kier alpha value is -1.79. The summed E-state index contributed by atoms with van der Waals surface area (Å²) in [6.45, 7) is 3.42. The van der Waals surface area contributed by atoms with Crippen LogP contribution in [0.3, 0.4) is 0 Å². The summed E-state index contributed by atoms with van der Waals surface area (Å²) in [5, 5.41) is 10.2. The number of aliphatic hydroxyl groups excluding tert-OH is 1. The maximum absolute atomic E-state index is 13.5. The van der Waals surface area contributed by atoms with Crippen LogP contribution in [0.25, 0.3) is 0 Å². The standard InChI is InChI=1S/C22H28FNO3/c23-22-9-5-4-8-19(22)16-26-17-20(25)14-24-12-10-21(11-13-24)27-15-18-6-2-1-3-7-18/h1-9,20-21,25H,10-17H2. The van der Waals surface area contributed by atoms with Crippen molar-refractivity contribution in [1.82, 2.24) is 4.90 Å². The fraction of sp³-hybridized carbons (Fsp3) is 0.455. The van der Waals surface area contributed by atoms with Crippen LogP contribution < -0.4 is 0 Å². The SMILES string of the molecule is OC(COCc1ccccc1F)CN1CCC(OCc2ccccc2)CC1. The molecule has 3 rings (SSSR count). The number of hydrogen-bond donors (Lipinski definition) is 1. The second-order valence-corrected chi connectivity index (χ2v) is 7.06. The van der Waals surface area contributed by atoms with Gasteiger partial charge >= 0.3 is 0 Å². The molecule has 1 fully saturated rings. The topological polar surface area (TPSA) is 41.9 Å². The van der Waals surface area contributed by atoms with E-state index in [1.54, 1.807) is 18.2 Å². The van der Waals surface area contributed by atoms with Crippen molar-refractivity contribution in [2.75, 3.05) is 26.2 Å². The number of aliphatic hydroxyl groups is 1. The lowest BCUT2D eigenvalue weighted by molar-refractivity contribution is -0.0251. The highest BCUT2D eigenvalue weighted by Gasteiger charge is 2.21. The van der Waals surface area contributed by atoms with Gasteiger partial charge < -0.3 is 19.5 Å². The third-order valence-electron chi connectivity index (χ3n) is 4.86. The molecule has 1 unspecified atom stereocenters. The van der Waals surface area contributed by atoms with E-state index in [4.69, 9.17) is 9.47 Å². The van der Waals surface area contributed by atoms with Gasteiger partial charge in [0.2, 0.25) is 0 Å². The number of rotatable bonds is 9. The molecule has 0 aliphatic carbocycles. The third-order valence-corrected chi connectivity index (χ3v) is 4.86. The van der Waals surface area contributed by atoms with Gasteiger partial charge in [0.25, 0.3) is 0 Å². The smallest absolute Gasteiger partial charge is 0.128 e. The van der Waals surface area contributed by atoms with Gasteiger partial charge in [-0.25, -0.2) is 4.39 Å². The molecule has 2 aromatic rings. The van der Waals surface area contributed by atoms with Gasteiger partial charge in [-0.2, -0.15) is 0 Å². The first-order valence-corrected chi connectivity index (χ1v) is 9.58. The van der Waals surface area contributed by atoms with Crippen LogP contribution in [0.4, 0.5) is 4.39 Å². The monoisotopic (exact) mass is 373 g/mol. The van der Waals surface area contributed by atoms with Crippen molar-refractivity contribution >= 4 is 0 Å². The number of ether oxygens (including phenoxy) is 2. The normalized spacial score (nSPS) is 17.1. The minimum Gasteiger partial charge on any atom is -0.389 e. The molecular formula is C22H28FNO3. The van der Waals surface area contributed by atoms with Crippen molar-refractivity contribution in [1.29, 1.82) is 0 Å². The Bertz CT molecular complexity index is 674. The van der Waals surface area contributed by atoms with E-state index < -0.39 is 6.10 Å². The van der Waals surface area contributed by atoms with Gasteiger partial charge in [0.05, 0.1) is 32.0 Å². The summed E-state index contributed by atoms with van der Waals surface area (Å²) in [5.74, 6) is -0.274. The molecule has 2 aromatic carbocycles. The zero-order chi connectivity index (χ0) is 18.9. The second-order valence-electron chi connectivity index (χ2n) is 7.06. The van der Waals surface area contributed by atoms with Crippen molar-refractivity contribution < 1.29 is 19.0 Å². The van der Waals surface area contributed by atoms with Gasteiger partial charge in [-0.1, -0.05) is 48.5 Å². The molecule has 0 radical (unpaired) electrons. The van der Waals surface area contributed by atoms with Crippen LogP contribution >= 0.6 is 0 Å². The molecule has 0 amide bonds. The average Bonchev–Trinajstić information content (AvgIpc) is 2.70. The Balaban J connectivity index is 1.30. The van der Waals surface area contributed by atoms with Crippen LogP contribution in [0.2, 0.25) is 0 Å². The largest absolute Gasteiger partial charge is 0.389 e. The van der Waals surface area contributed by atoms with Crippen LogP contribution in [0, 0.1) is 5.82 Å². The first-order chi connectivity index (χ1) is 13.2. The molecule has 146 valence electrons. The van der Waals surface area contributed by atoms with Gasteiger partial charge in [-0.15, -0.1) is 0 Å². The van der Waals surface area contributed by atoms with Crippen LogP contribution in [-0.2, 0) is 22.7 Å². The van der Waals surface area contributed by atoms with Crippen molar-refractivity contribution in [3.8, 4) is 0 Å². The van der Waals surface area contributed by atoms with E-state index in [2.05, 4.69) is 17.0 Å². The maximum atomic E-state index is 13.5. The Morgan fingerprint density at radius 2 is 1.70 bits per heavy atom. The summed E-state index contributed by atoms with van der Waals surface area (Å²) in [5.41, 5.74) is 1.71. The lowest BCUT2D eigenvalue weighted by atomic mass is 10.1. The van der Waals surface area contributed by atoms with Gasteiger partial charge in [0.1, 0.15) is 5.82 Å². The van der Waals surface area contributed by atoms with Crippen molar-refractivity contribution in [3.63, 3.8) is 0 Å². The molecule has 1 N–H and O–H groups in total. The number of nitrogens with zero attached hydrogens (tertiary/aromatic N) is 1. The van der Waals surface area contributed by atoms with Crippen molar-refractivity contribution in [2.24, 2.45) is 0 Å². The molecule has 1 aliphatic rings. The van der Waals surface area contributed by atoms with Crippen molar-refractivity contribution in [2.45, 2.75) is 38.3 Å². The molecule has 1 saturated heterocycles. The van der Waals surface area contributed by atoms with E-state index in [1.165, 1.54) is 11.6 Å². The van der Waals surface area contributed by atoms with Gasteiger partial charge in [0, 0.05) is 25.2 Å². The minimum absolute atomic E-state index is 0.180. The van der Waals surface area contributed by atoms with E-state index in [0.29, 0.717) is 18.7 Å². The molecule has 0 saturated carbocycles. The lowest BCUT2D eigenvalue weighted by Crippen LogP contribution is -2.42. The molecule has 0 spiro atoms. The number of piperidine rings is 1. The fourth-order valence-electron chi connectivity index (χ4n) is 3.32. The summed E-state index contributed by atoms with van der Waals surface area (Å²) in [4.78, 5) is 2.24. The molecule has 0 aromatic heterocycles. The average molecular weight is 373 g/mol. The number of benzene rings is 2. The highest BCUT2D eigenvalue weighted by Crippen LogP contribution is 2.16. The summed E-state index contributed by atoms with van der Waals surface area (Å²) in [6, 6.07) is 16.8. The maximum Gasteiger partial charge on any atom is 0.128 e. The predicted molar refractivity (Wildman–Crippen MR) is 103 cm³/mol. The fourth-order valence-corrected chi connectivity index (χ4v) is 3.32. The Morgan fingerprint density at radius 1 is 1.00 bits per heavy atom. The molecule has 27 heavy (non-hydrogen) atoms. The van der Waals surface area contributed by atoms with E-state index in [-0.39, 0.29) is 25.1 Å². The van der Waals surface area contributed by atoms with Crippen LogP contribution in [0.15, 0.2) is 54.6 Å². The number of halogens is 1. The highest BCUT2D eigenvalue weighted by molar-refractivity contribution is 5.16. The molecule has 1 atom stereocenters. The molecule has 1 aliphatic heterocycles. The Kier molecular flexibility index (Phi) is 7.78. The van der Waals surface area contributed by atoms with E-state index >= 15 is 0 Å². The van der Waals surface area contributed by atoms with Crippen LogP contribution in [0.5, 0.6) is 0 Å². The lowest BCUT2D eigenvalue weighted by Gasteiger charge is -2.33. The summed E-state index contributed by atoms with van der Waals surface area (Å²) in [7, 11) is 0. The third kappa shape index (κ3) is 6.70. The number of β-amino-alcohol motifs (C(OH)–C–C–N with tert-alkyl or cyclic N) is 1. The molecule has 1 heterocycles. The Morgan fingerprint density at radius 3 is 2.44 bits per heavy atom. The zero-order valence-electron chi connectivity index (χ0n) is 15.6. The van der Waals surface area contributed by atoms with E-state index in [9.17, 15) is 9.50 Å². The predicted octanol–water partition coefficient (Wildman–Crippen LogP) is 3.38. The van der Waals surface area contributed by atoms with E-state index in [1.807, 2.05) is 18.2 Å². The first-order valence-electron chi connectivity index (χ1n) is 9.58. The van der Waals surface area contributed by atoms with Gasteiger partial charge in [0.15, 0.2) is 0 Å². The highest BCUT2D eigenvalue weighted by atomic mass is 19.1. The minimum atomic E-state index is -0.571. The summed E-state index contributed by atoms with van der Waals surface area (Å²) in [6.07, 6.45) is 1.64. The van der Waals surface area contributed by atoms with Crippen molar-refractivity contribution in [3.05, 3.63) is 71.5 Å².